The smallest absolute Gasteiger partial charge is 0.151 e. The van der Waals surface area contributed by atoms with Gasteiger partial charge in [-0.15, -0.1) is 0 Å². The number of nitrogens with zero attached hydrogens (tertiary/aromatic N) is 3. The standard InChI is InChI=1S/C13H26N4/c1-3-4-5-6-7-8-10-14-11-9-13-15-12-17(2)16-13/h12,14H,3-11H2,1-2H3. The quantitative estimate of drug-likeness (QED) is 0.636. The molecule has 0 aliphatic rings. The minimum Gasteiger partial charge on any atom is -0.316 e. The van der Waals surface area contributed by atoms with E-state index in [2.05, 4.69) is 22.3 Å². The van der Waals surface area contributed by atoms with E-state index in [9.17, 15) is 0 Å². The summed E-state index contributed by atoms with van der Waals surface area (Å²) in [7, 11) is 1.90. The van der Waals surface area contributed by atoms with E-state index in [1.165, 1.54) is 38.5 Å². The minimum absolute atomic E-state index is 0.927. The van der Waals surface area contributed by atoms with E-state index < -0.39 is 0 Å². The maximum atomic E-state index is 4.24. The Morgan fingerprint density at radius 3 is 2.59 bits per heavy atom. The van der Waals surface area contributed by atoms with Crippen molar-refractivity contribution >= 4 is 0 Å². The van der Waals surface area contributed by atoms with Crippen molar-refractivity contribution in [1.82, 2.24) is 20.1 Å². The highest BCUT2D eigenvalue weighted by Gasteiger charge is 1.97. The average molecular weight is 238 g/mol. The van der Waals surface area contributed by atoms with Gasteiger partial charge in [-0.25, -0.2) is 4.98 Å². The summed E-state index contributed by atoms with van der Waals surface area (Å²) in [6.07, 6.45) is 10.8. The van der Waals surface area contributed by atoms with Gasteiger partial charge in [0, 0.05) is 20.0 Å². The summed E-state index contributed by atoms with van der Waals surface area (Å²) >= 11 is 0. The fraction of sp³-hybridized carbons (Fsp3) is 0.846. The largest absolute Gasteiger partial charge is 0.316 e. The Balaban J connectivity index is 1.84. The molecule has 0 amide bonds. The first-order chi connectivity index (χ1) is 8.33. The van der Waals surface area contributed by atoms with E-state index in [1.54, 1.807) is 11.0 Å². The predicted octanol–water partition coefficient (Wildman–Crippen LogP) is 2.31. The molecule has 0 aromatic carbocycles. The molecule has 0 saturated heterocycles. The lowest BCUT2D eigenvalue weighted by atomic mass is 10.1. The summed E-state index contributed by atoms with van der Waals surface area (Å²) in [6.45, 7) is 4.37. The van der Waals surface area contributed by atoms with E-state index in [1.807, 2.05) is 7.05 Å². The van der Waals surface area contributed by atoms with Crippen molar-refractivity contribution in [3.8, 4) is 0 Å². The molecule has 1 heterocycles. The Kier molecular flexibility index (Phi) is 7.63. The van der Waals surface area contributed by atoms with E-state index in [0.29, 0.717) is 0 Å². The van der Waals surface area contributed by atoms with Gasteiger partial charge in [0.2, 0.25) is 0 Å². The number of nitrogens with one attached hydrogen (secondary N) is 1. The number of unbranched alkanes of at least 4 members (excludes halogenated alkanes) is 5. The second-order valence-corrected chi connectivity index (χ2v) is 4.60. The molecule has 1 aromatic heterocycles. The molecule has 0 spiro atoms. The molecule has 1 rings (SSSR count). The van der Waals surface area contributed by atoms with Crippen LogP contribution in [0.4, 0.5) is 0 Å². The first-order valence-corrected chi connectivity index (χ1v) is 6.88. The molecule has 0 radical (unpaired) electrons. The zero-order valence-electron chi connectivity index (χ0n) is 11.3. The maximum absolute atomic E-state index is 4.24. The van der Waals surface area contributed by atoms with E-state index >= 15 is 0 Å². The fourth-order valence-electron chi connectivity index (χ4n) is 1.85. The van der Waals surface area contributed by atoms with Crippen LogP contribution in [-0.2, 0) is 13.5 Å². The zero-order valence-corrected chi connectivity index (χ0v) is 11.3. The van der Waals surface area contributed by atoms with Gasteiger partial charge >= 0.3 is 0 Å². The molecule has 0 unspecified atom stereocenters. The molecule has 0 aliphatic heterocycles. The van der Waals surface area contributed by atoms with Gasteiger partial charge in [-0.3, -0.25) is 4.68 Å². The van der Waals surface area contributed by atoms with Crippen LogP contribution >= 0.6 is 0 Å². The second kappa shape index (κ2) is 9.16. The van der Waals surface area contributed by atoms with E-state index in [0.717, 1.165) is 25.3 Å². The summed E-state index contributed by atoms with van der Waals surface area (Å²) in [5, 5.41) is 7.69. The van der Waals surface area contributed by atoms with Crippen LogP contribution in [0.1, 0.15) is 51.3 Å². The van der Waals surface area contributed by atoms with Gasteiger partial charge in [0.05, 0.1) is 0 Å². The Bertz CT molecular complexity index is 283. The summed E-state index contributed by atoms with van der Waals surface area (Å²) in [4.78, 5) is 4.20. The van der Waals surface area contributed by atoms with E-state index in [4.69, 9.17) is 0 Å². The van der Waals surface area contributed by atoms with Crippen LogP contribution in [0, 0.1) is 0 Å². The zero-order chi connectivity index (χ0) is 12.3. The molecule has 0 atom stereocenters. The Labute approximate surface area is 105 Å². The van der Waals surface area contributed by atoms with Gasteiger partial charge < -0.3 is 5.32 Å². The number of hydrogen-bond acceptors (Lipinski definition) is 3. The van der Waals surface area contributed by atoms with Crippen molar-refractivity contribution in [1.29, 1.82) is 0 Å². The summed E-state index contributed by atoms with van der Waals surface area (Å²) in [5.41, 5.74) is 0. The van der Waals surface area contributed by atoms with Crippen molar-refractivity contribution in [3.63, 3.8) is 0 Å². The Hall–Kier alpha value is -0.900. The van der Waals surface area contributed by atoms with Crippen LogP contribution in [0.5, 0.6) is 0 Å². The molecular weight excluding hydrogens is 212 g/mol. The summed E-state index contributed by atoms with van der Waals surface area (Å²) < 4.78 is 1.75. The first-order valence-electron chi connectivity index (χ1n) is 6.88. The highest BCUT2D eigenvalue weighted by molar-refractivity contribution is 4.81. The fourth-order valence-corrected chi connectivity index (χ4v) is 1.85. The summed E-state index contributed by atoms with van der Waals surface area (Å²) in [5.74, 6) is 0.933. The maximum Gasteiger partial charge on any atom is 0.151 e. The third kappa shape index (κ3) is 7.10. The third-order valence-corrected chi connectivity index (χ3v) is 2.88. The highest BCUT2D eigenvalue weighted by atomic mass is 15.3. The molecule has 1 N–H and O–H groups in total. The molecule has 98 valence electrons. The van der Waals surface area contributed by atoms with Crippen molar-refractivity contribution in [2.45, 2.75) is 51.9 Å². The number of hydrogen-bond donors (Lipinski definition) is 1. The van der Waals surface area contributed by atoms with Gasteiger partial charge in [-0.1, -0.05) is 39.0 Å². The van der Waals surface area contributed by atoms with Crippen LogP contribution in [0.2, 0.25) is 0 Å². The number of rotatable bonds is 10. The first kappa shape index (κ1) is 14.2. The van der Waals surface area contributed by atoms with Crippen LogP contribution in [0.3, 0.4) is 0 Å². The predicted molar refractivity (Wildman–Crippen MR) is 71.0 cm³/mol. The van der Waals surface area contributed by atoms with Crippen LogP contribution in [0.25, 0.3) is 0 Å². The van der Waals surface area contributed by atoms with Crippen LogP contribution < -0.4 is 5.32 Å². The molecular formula is C13H26N4. The van der Waals surface area contributed by atoms with Gasteiger partial charge in [-0.2, -0.15) is 5.10 Å². The van der Waals surface area contributed by atoms with Crippen LogP contribution in [-0.4, -0.2) is 27.9 Å². The molecule has 4 heteroatoms. The molecule has 4 nitrogen and oxygen atoms in total. The van der Waals surface area contributed by atoms with Gasteiger partial charge in [0.15, 0.2) is 5.82 Å². The van der Waals surface area contributed by atoms with E-state index in [-0.39, 0.29) is 0 Å². The Morgan fingerprint density at radius 1 is 1.12 bits per heavy atom. The molecule has 0 fully saturated rings. The van der Waals surface area contributed by atoms with Gasteiger partial charge in [0.1, 0.15) is 6.33 Å². The van der Waals surface area contributed by atoms with Gasteiger partial charge in [-0.05, 0) is 13.0 Å². The minimum atomic E-state index is 0.927. The number of aryl methyl sites for hydroxylation is 1. The lowest BCUT2D eigenvalue weighted by Gasteiger charge is -2.03. The average Bonchev–Trinajstić information content (AvgIpc) is 2.73. The Morgan fingerprint density at radius 2 is 1.88 bits per heavy atom. The molecule has 1 aromatic rings. The monoisotopic (exact) mass is 238 g/mol. The van der Waals surface area contributed by atoms with Crippen molar-refractivity contribution in [3.05, 3.63) is 12.2 Å². The van der Waals surface area contributed by atoms with Crippen LogP contribution in [0.15, 0.2) is 6.33 Å². The molecule has 0 aliphatic carbocycles. The van der Waals surface area contributed by atoms with Gasteiger partial charge in [0.25, 0.3) is 0 Å². The lowest BCUT2D eigenvalue weighted by Crippen LogP contribution is -2.19. The highest BCUT2D eigenvalue weighted by Crippen LogP contribution is 2.03. The van der Waals surface area contributed by atoms with Crippen molar-refractivity contribution < 1.29 is 0 Å². The third-order valence-electron chi connectivity index (χ3n) is 2.88. The number of aromatic nitrogens is 3. The topological polar surface area (TPSA) is 42.7 Å². The summed E-state index contributed by atoms with van der Waals surface area (Å²) in [6, 6.07) is 0. The van der Waals surface area contributed by atoms with Crippen molar-refractivity contribution in [2.75, 3.05) is 13.1 Å². The lowest BCUT2D eigenvalue weighted by molar-refractivity contribution is 0.569. The second-order valence-electron chi connectivity index (χ2n) is 4.60. The van der Waals surface area contributed by atoms with Crippen molar-refractivity contribution in [2.24, 2.45) is 7.05 Å². The molecule has 17 heavy (non-hydrogen) atoms. The normalized spacial score (nSPS) is 10.9. The SMILES string of the molecule is CCCCCCCCNCCc1ncn(C)n1. The molecule has 0 saturated carbocycles. The molecule has 0 bridgehead atoms.